The smallest absolute Gasteiger partial charge is 0.340 e. The largest absolute Gasteiger partial charge is 0.496 e. The van der Waals surface area contributed by atoms with Gasteiger partial charge in [-0.3, -0.25) is 4.79 Å². The minimum absolute atomic E-state index is 0.225. The first-order chi connectivity index (χ1) is 13.5. The molecular formula is C23H23NO4. The van der Waals surface area contributed by atoms with Crippen LogP contribution in [0.2, 0.25) is 0 Å². The summed E-state index contributed by atoms with van der Waals surface area (Å²) in [5.41, 5.74) is 2.86. The summed E-state index contributed by atoms with van der Waals surface area (Å²) >= 11 is 0. The van der Waals surface area contributed by atoms with Gasteiger partial charge in [-0.15, -0.1) is 0 Å². The zero-order valence-electron chi connectivity index (χ0n) is 16.4. The molecule has 1 aliphatic rings. The Morgan fingerprint density at radius 1 is 1.04 bits per heavy atom. The summed E-state index contributed by atoms with van der Waals surface area (Å²) in [5, 5.41) is 0. The molecule has 5 nitrogen and oxygen atoms in total. The van der Waals surface area contributed by atoms with Crippen LogP contribution in [0.25, 0.3) is 6.08 Å². The summed E-state index contributed by atoms with van der Waals surface area (Å²) < 4.78 is 10.3. The van der Waals surface area contributed by atoms with E-state index in [0.29, 0.717) is 17.0 Å². The lowest BCUT2D eigenvalue weighted by Gasteiger charge is -2.26. The Morgan fingerprint density at radius 3 is 2.32 bits per heavy atom. The van der Waals surface area contributed by atoms with Crippen LogP contribution in [0, 0.1) is 0 Å². The van der Waals surface area contributed by atoms with Gasteiger partial charge in [-0.05, 0) is 31.6 Å². The normalized spacial score (nSPS) is 16.5. The molecule has 0 bridgehead atoms. The first-order valence-corrected chi connectivity index (χ1v) is 9.02. The molecule has 0 spiro atoms. The van der Waals surface area contributed by atoms with Crippen molar-refractivity contribution in [2.75, 3.05) is 14.2 Å². The second kappa shape index (κ2) is 8.13. The Hall–Kier alpha value is -3.34. The number of carbonyl (C=O) groups is 2. The monoisotopic (exact) mass is 377 g/mol. The molecular weight excluding hydrogens is 354 g/mol. The number of esters is 1. The van der Waals surface area contributed by atoms with E-state index < -0.39 is 5.97 Å². The van der Waals surface area contributed by atoms with E-state index in [2.05, 4.69) is 0 Å². The number of carbonyl (C=O) groups excluding carboxylic acids is 2. The summed E-state index contributed by atoms with van der Waals surface area (Å²) in [5.74, 6) is -0.144. The van der Waals surface area contributed by atoms with Crippen LogP contribution in [-0.2, 0) is 14.3 Å². The molecule has 1 aliphatic heterocycles. The van der Waals surface area contributed by atoms with Gasteiger partial charge in [0.05, 0.1) is 31.4 Å². The van der Waals surface area contributed by atoms with Crippen molar-refractivity contribution in [3.05, 3.63) is 82.6 Å². The fraction of sp³-hybridized carbons (Fsp3) is 0.217. The van der Waals surface area contributed by atoms with E-state index in [1.165, 1.54) is 7.11 Å². The number of allylic oxidation sites excluding steroid dienone is 1. The minimum atomic E-state index is -0.533. The molecule has 0 saturated heterocycles. The third-order valence-corrected chi connectivity index (χ3v) is 4.94. The van der Waals surface area contributed by atoms with Crippen LogP contribution in [0.4, 0.5) is 0 Å². The molecule has 0 fully saturated rings. The van der Waals surface area contributed by atoms with Crippen LogP contribution >= 0.6 is 0 Å². The van der Waals surface area contributed by atoms with Crippen molar-refractivity contribution in [2.45, 2.75) is 19.9 Å². The standard InChI is InChI=1S/C23H23NO4/c1-15(17-10-6-5-7-11-17)24-16(2)21(23(26)28-4)19(22(24)25)14-18-12-8-9-13-20(18)27-3/h5-15H,1-4H3/b19-14-/t15-/m0/s1. The summed E-state index contributed by atoms with van der Waals surface area (Å²) in [4.78, 5) is 27.5. The van der Waals surface area contributed by atoms with E-state index in [1.807, 2.05) is 61.5 Å². The van der Waals surface area contributed by atoms with Crippen LogP contribution in [0.3, 0.4) is 0 Å². The number of rotatable bonds is 5. The number of ether oxygens (including phenoxy) is 2. The number of para-hydroxylation sites is 1. The van der Waals surface area contributed by atoms with E-state index in [9.17, 15) is 9.59 Å². The van der Waals surface area contributed by atoms with Gasteiger partial charge in [0, 0.05) is 11.3 Å². The van der Waals surface area contributed by atoms with Crippen LogP contribution in [0.1, 0.15) is 31.0 Å². The Morgan fingerprint density at radius 2 is 1.68 bits per heavy atom. The highest BCUT2D eigenvalue weighted by molar-refractivity contribution is 6.16. The predicted octanol–water partition coefficient (Wildman–Crippen LogP) is 4.13. The maximum absolute atomic E-state index is 13.3. The van der Waals surface area contributed by atoms with Crippen molar-refractivity contribution in [1.82, 2.24) is 4.90 Å². The molecule has 3 rings (SSSR count). The molecule has 0 aromatic heterocycles. The van der Waals surface area contributed by atoms with Crippen molar-refractivity contribution in [3.8, 4) is 5.75 Å². The number of methoxy groups -OCH3 is 2. The van der Waals surface area contributed by atoms with Crippen molar-refractivity contribution < 1.29 is 19.1 Å². The maximum atomic E-state index is 13.3. The number of hydrogen-bond acceptors (Lipinski definition) is 4. The second-order valence-corrected chi connectivity index (χ2v) is 6.51. The lowest BCUT2D eigenvalue weighted by Crippen LogP contribution is -2.28. The van der Waals surface area contributed by atoms with E-state index >= 15 is 0 Å². The molecule has 0 radical (unpaired) electrons. The van der Waals surface area contributed by atoms with Gasteiger partial charge in [-0.25, -0.2) is 4.79 Å². The van der Waals surface area contributed by atoms with Crippen molar-refractivity contribution >= 4 is 18.0 Å². The van der Waals surface area contributed by atoms with Crippen LogP contribution in [-0.4, -0.2) is 31.0 Å². The Balaban J connectivity index is 2.12. The zero-order valence-corrected chi connectivity index (χ0v) is 16.4. The van der Waals surface area contributed by atoms with Gasteiger partial charge in [0.1, 0.15) is 5.75 Å². The highest BCUT2D eigenvalue weighted by atomic mass is 16.5. The second-order valence-electron chi connectivity index (χ2n) is 6.51. The first-order valence-electron chi connectivity index (χ1n) is 9.02. The molecule has 1 atom stereocenters. The van der Waals surface area contributed by atoms with Gasteiger partial charge in [-0.1, -0.05) is 48.5 Å². The summed E-state index contributed by atoms with van der Waals surface area (Å²) in [7, 11) is 2.89. The number of amides is 1. The third-order valence-electron chi connectivity index (χ3n) is 4.94. The van der Waals surface area contributed by atoms with Crippen LogP contribution in [0.15, 0.2) is 71.4 Å². The summed E-state index contributed by atoms with van der Waals surface area (Å²) in [6.07, 6.45) is 1.69. The Bertz CT molecular complexity index is 960. The summed E-state index contributed by atoms with van der Waals surface area (Å²) in [6.45, 7) is 3.71. The van der Waals surface area contributed by atoms with Gasteiger partial charge < -0.3 is 14.4 Å². The molecule has 0 N–H and O–H groups in total. The Kier molecular flexibility index (Phi) is 5.64. The number of hydrogen-bond donors (Lipinski definition) is 0. The lowest BCUT2D eigenvalue weighted by atomic mass is 10.0. The SMILES string of the molecule is COC(=O)C1=C(C)N([C@@H](C)c2ccccc2)C(=O)/C1=C\c1ccccc1OC. The molecule has 0 aliphatic carbocycles. The van der Waals surface area contributed by atoms with Crippen molar-refractivity contribution in [2.24, 2.45) is 0 Å². The van der Waals surface area contributed by atoms with Crippen molar-refractivity contribution in [3.63, 3.8) is 0 Å². The molecule has 0 saturated carbocycles. The topological polar surface area (TPSA) is 55.8 Å². The number of benzene rings is 2. The van der Waals surface area contributed by atoms with Gasteiger partial charge in [-0.2, -0.15) is 0 Å². The average molecular weight is 377 g/mol. The van der Waals surface area contributed by atoms with Gasteiger partial charge >= 0.3 is 5.97 Å². The highest BCUT2D eigenvalue weighted by Crippen LogP contribution is 2.38. The lowest BCUT2D eigenvalue weighted by molar-refractivity contribution is -0.136. The summed E-state index contributed by atoms with van der Waals surface area (Å²) in [6, 6.07) is 16.8. The first kappa shape index (κ1) is 19.4. The third kappa shape index (κ3) is 3.43. The molecule has 1 amide bonds. The quantitative estimate of drug-likeness (QED) is 0.581. The van der Waals surface area contributed by atoms with Crippen LogP contribution in [0.5, 0.6) is 5.75 Å². The fourth-order valence-corrected chi connectivity index (χ4v) is 3.49. The van der Waals surface area contributed by atoms with Gasteiger partial charge in [0.2, 0.25) is 0 Å². The highest BCUT2D eigenvalue weighted by Gasteiger charge is 2.39. The van der Waals surface area contributed by atoms with E-state index in [1.54, 1.807) is 25.0 Å². The Labute approximate surface area is 164 Å². The fourth-order valence-electron chi connectivity index (χ4n) is 3.49. The number of nitrogens with zero attached hydrogens (tertiary/aromatic N) is 1. The van der Waals surface area contributed by atoms with E-state index in [-0.39, 0.29) is 17.5 Å². The average Bonchev–Trinajstić information content (AvgIpc) is 2.97. The van der Waals surface area contributed by atoms with Crippen LogP contribution < -0.4 is 4.74 Å². The molecule has 144 valence electrons. The van der Waals surface area contributed by atoms with E-state index in [0.717, 1.165) is 11.1 Å². The zero-order chi connectivity index (χ0) is 20.3. The van der Waals surface area contributed by atoms with Gasteiger partial charge in [0.15, 0.2) is 0 Å². The molecule has 28 heavy (non-hydrogen) atoms. The minimum Gasteiger partial charge on any atom is -0.496 e. The van der Waals surface area contributed by atoms with E-state index in [4.69, 9.17) is 9.47 Å². The molecule has 2 aromatic carbocycles. The van der Waals surface area contributed by atoms with Gasteiger partial charge in [0.25, 0.3) is 5.91 Å². The maximum Gasteiger partial charge on any atom is 0.340 e. The molecule has 1 heterocycles. The predicted molar refractivity (Wildman–Crippen MR) is 107 cm³/mol. The van der Waals surface area contributed by atoms with Crippen molar-refractivity contribution in [1.29, 1.82) is 0 Å². The molecule has 5 heteroatoms. The molecule has 0 unspecified atom stereocenters. The molecule has 2 aromatic rings.